The Morgan fingerprint density at radius 1 is 1.21 bits per heavy atom. The molecule has 2 rings (SSSR count). The van der Waals surface area contributed by atoms with Crippen molar-refractivity contribution in [3.05, 3.63) is 59.9 Å². The van der Waals surface area contributed by atoms with Crippen molar-refractivity contribution in [3.63, 3.8) is 0 Å². The maximum absolute atomic E-state index is 6.02. The maximum Gasteiger partial charge on any atom is 0.155 e. The predicted octanol–water partition coefficient (Wildman–Crippen LogP) is 3.11. The van der Waals surface area contributed by atoms with Gasteiger partial charge in [0.1, 0.15) is 5.75 Å². The lowest BCUT2D eigenvalue weighted by atomic mass is 10.1. The summed E-state index contributed by atoms with van der Waals surface area (Å²) in [6, 6.07) is 13.8. The van der Waals surface area contributed by atoms with Gasteiger partial charge >= 0.3 is 0 Å². The molecule has 3 nitrogen and oxygen atoms in total. The third-order valence-electron chi connectivity index (χ3n) is 3.03. The largest absolute Gasteiger partial charge is 0.482 e. The van der Waals surface area contributed by atoms with Gasteiger partial charge in [-0.3, -0.25) is 4.98 Å². The fourth-order valence-electron chi connectivity index (χ4n) is 1.97. The molecule has 19 heavy (non-hydrogen) atoms. The molecule has 2 atom stereocenters. The van der Waals surface area contributed by atoms with Crippen LogP contribution in [-0.4, -0.2) is 11.0 Å². The lowest BCUT2D eigenvalue weighted by Crippen LogP contribution is -2.29. The Balaban J connectivity index is 2.21. The average molecular weight is 256 g/mol. The van der Waals surface area contributed by atoms with Crippen molar-refractivity contribution in [2.24, 2.45) is 5.73 Å². The zero-order valence-electron chi connectivity index (χ0n) is 11.4. The summed E-state index contributed by atoms with van der Waals surface area (Å²) in [6.07, 6.45) is 2.52. The molecule has 0 saturated heterocycles. The van der Waals surface area contributed by atoms with E-state index in [2.05, 4.69) is 24.0 Å². The molecule has 2 aromatic rings. The van der Waals surface area contributed by atoms with Gasteiger partial charge in [0.2, 0.25) is 0 Å². The molecule has 1 aromatic carbocycles. The molecule has 0 fully saturated rings. The zero-order chi connectivity index (χ0) is 13.7. The van der Waals surface area contributed by atoms with Crippen molar-refractivity contribution in [2.75, 3.05) is 0 Å². The van der Waals surface area contributed by atoms with Crippen molar-refractivity contribution >= 4 is 0 Å². The SMILES string of the molecule is CCc1cccc(OC(c2ccccn2)C(C)N)c1. The number of nitrogens with two attached hydrogens (primary N) is 1. The second kappa shape index (κ2) is 6.34. The third kappa shape index (κ3) is 3.55. The van der Waals surface area contributed by atoms with Crippen LogP contribution >= 0.6 is 0 Å². The van der Waals surface area contributed by atoms with Gasteiger partial charge in [0.25, 0.3) is 0 Å². The fraction of sp³-hybridized carbons (Fsp3) is 0.312. The lowest BCUT2D eigenvalue weighted by Gasteiger charge is -2.22. The van der Waals surface area contributed by atoms with E-state index in [9.17, 15) is 0 Å². The summed E-state index contributed by atoms with van der Waals surface area (Å²) in [5.41, 5.74) is 8.13. The van der Waals surface area contributed by atoms with Gasteiger partial charge in [0, 0.05) is 12.2 Å². The summed E-state index contributed by atoms with van der Waals surface area (Å²) >= 11 is 0. The van der Waals surface area contributed by atoms with Gasteiger partial charge in [-0.1, -0.05) is 25.1 Å². The highest BCUT2D eigenvalue weighted by atomic mass is 16.5. The van der Waals surface area contributed by atoms with Crippen LogP contribution in [0.3, 0.4) is 0 Å². The molecule has 0 amide bonds. The highest BCUT2D eigenvalue weighted by molar-refractivity contribution is 5.29. The van der Waals surface area contributed by atoms with Gasteiger partial charge in [-0.25, -0.2) is 0 Å². The highest BCUT2D eigenvalue weighted by Gasteiger charge is 2.19. The smallest absolute Gasteiger partial charge is 0.155 e. The van der Waals surface area contributed by atoms with Crippen molar-refractivity contribution < 1.29 is 4.74 Å². The molecule has 0 saturated carbocycles. The second-order valence-corrected chi connectivity index (χ2v) is 4.65. The molecule has 0 aliphatic rings. The molecule has 2 unspecified atom stereocenters. The van der Waals surface area contributed by atoms with Crippen LogP contribution in [0.4, 0.5) is 0 Å². The minimum absolute atomic E-state index is 0.125. The van der Waals surface area contributed by atoms with Crippen LogP contribution in [-0.2, 0) is 6.42 Å². The average Bonchev–Trinajstić information content (AvgIpc) is 2.45. The van der Waals surface area contributed by atoms with Crippen molar-refractivity contribution in [1.82, 2.24) is 4.98 Å². The monoisotopic (exact) mass is 256 g/mol. The first-order valence-corrected chi connectivity index (χ1v) is 6.63. The summed E-state index contributed by atoms with van der Waals surface area (Å²) in [6.45, 7) is 4.06. The number of hydrogen-bond acceptors (Lipinski definition) is 3. The molecule has 3 heteroatoms. The van der Waals surface area contributed by atoms with Crippen LogP contribution in [0.25, 0.3) is 0 Å². The number of pyridine rings is 1. The Kier molecular flexibility index (Phi) is 4.53. The Morgan fingerprint density at radius 2 is 2.05 bits per heavy atom. The van der Waals surface area contributed by atoms with E-state index < -0.39 is 0 Å². The molecule has 0 aliphatic carbocycles. The molecule has 1 aromatic heterocycles. The van der Waals surface area contributed by atoms with E-state index in [0.717, 1.165) is 17.9 Å². The molecule has 0 aliphatic heterocycles. The maximum atomic E-state index is 6.02. The van der Waals surface area contributed by atoms with Gasteiger partial charge in [-0.2, -0.15) is 0 Å². The van der Waals surface area contributed by atoms with E-state index in [0.29, 0.717) is 0 Å². The number of hydrogen-bond donors (Lipinski definition) is 1. The minimum atomic E-state index is -0.228. The number of ether oxygens (including phenoxy) is 1. The Bertz CT molecular complexity index is 511. The molecule has 100 valence electrons. The number of aromatic nitrogens is 1. The number of rotatable bonds is 5. The topological polar surface area (TPSA) is 48.1 Å². The van der Waals surface area contributed by atoms with E-state index in [1.165, 1.54) is 5.56 Å². The molecule has 1 heterocycles. The highest BCUT2D eigenvalue weighted by Crippen LogP contribution is 2.23. The summed E-state index contributed by atoms with van der Waals surface area (Å²) in [5, 5.41) is 0. The standard InChI is InChI=1S/C16H20N2O/c1-3-13-7-6-8-14(11-13)19-16(12(2)17)15-9-4-5-10-18-15/h4-12,16H,3,17H2,1-2H3. The van der Waals surface area contributed by atoms with Crippen LogP contribution in [0.5, 0.6) is 5.75 Å². The van der Waals surface area contributed by atoms with Crippen molar-refractivity contribution in [1.29, 1.82) is 0 Å². The predicted molar refractivity (Wildman–Crippen MR) is 77.1 cm³/mol. The van der Waals surface area contributed by atoms with Crippen LogP contribution < -0.4 is 10.5 Å². The van der Waals surface area contributed by atoms with Gasteiger partial charge in [-0.05, 0) is 43.2 Å². The van der Waals surface area contributed by atoms with Gasteiger partial charge in [0.15, 0.2) is 6.10 Å². The van der Waals surface area contributed by atoms with Crippen LogP contribution in [0, 0.1) is 0 Å². The number of aryl methyl sites for hydroxylation is 1. The van der Waals surface area contributed by atoms with E-state index in [-0.39, 0.29) is 12.1 Å². The van der Waals surface area contributed by atoms with E-state index in [1.54, 1.807) is 6.20 Å². The minimum Gasteiger partial charge on any atom is -0.482 e. The summed E-state index contributed by atoms with van der Waals surface area (Å²) < 4.78 is 6.02. The first-order chi connectivity index (χ1) is 9.20. The van der Waals surface area contributed by atoms with E-state index in [1.807, 2.05) is 37.3 Å². The van der Waals surface area contributed by atoms with E-state index >= 15 is 0 Å². The molecule has 0 bridgehead atoms. The molecule has 2 N–H and O–H groups in total. The molecular weight excluding hydrogens is 236 g/mol. The number of nitrogens with zero attached hydrogens (tertiary/aromatic N) is 1. The van der Waals surface area contributed by atoms with Crippen molar-refractivity contribution in [3.8, 4) is 5.75 Å². The van der Waals surface area contributed by atoms with E-state index in [4.69, 9.17) is 10.5 Å². The second-order valence-electron chi connectivity index (χ2n) is 4.65. The van der Waals surface area contributed by atoms with Crippen LogP contribution in [0.2, 0.25) is 0 Å². The Morgan fingerprint density at radius 3 is 2.68 bits per heavy atom. The first kappa shape index (κ1) is 13.6. The van der Waals surface area contributed by atoms with Gasteiger partial charge in [0.05, 0.1) is 5.69 Å². The van der Waals surface area contributed by atoms with Gasteiger partial charge < -0.3 is 10.5 Å². The van der Waals surface area contributed by atoms with Crippen molar-refractivity contribution in [2.45, 2.75) is 32.4 Å². The normalized spacial score (nSPS) is 13.8. The van der Waals surface area contributed by atoms with Gasteiger partial charge in [-0.15, -0.1) is 0 Å². The first-order valence-electron chi connectivity index (χ1n) is 6.63. The molecular formula is C16H20N2O. The quantitative estimate of drug-likeness (QED) is 0.894. The molecule has 0 radical (unpaired) electrons. The Labute approximate surface area is 114 Å². The fourth-order valence-corrected chi connectivity index (χ4v) is 1.97. The Hall–Kier alpha value is -1.87. The summed E-state index contributed by atoms with van der Waals surface area (Å²) in [7, 11) is 0. The third-order valence-corrected chi connectivity index (χ3v) is 3.03. The zero-order valence-corrected chi connectivity index (χ0v) is 11.4. The van der Waals surface area contributed by atoms with Crippen LogP contribution in [0.1, 0.15) is 31.2 Å². The summed E-state index contributed by atoms with van der Waals surface area (Å²) in [4.78, 5) is 4.33. The van der Waals surface area contributed by atoms with Crippen LogP contribution in [0.15, 0.2) is 48.7 Å². The summed E-state index contributed by atoms with van der Waals surface area (Å²) in [5.74, 6) is 0.840. The number of benzene rings is 1. The lowest BCUT2D eigenvalue weighted by molar-refractivity contribution is 0.175. The molecule has 0 spiro atoms.